The van der Waals surface area contributed by atoms with Crippen LogP contribution < -0.4 is 4.90 Å². The zero-order valence-corrected chi connectivity index (χ0v) is 23.1. The first kappa shape index (κ1) is 29.3. The van der Waals surface area contributed by atoms with Crippen molar-refractivity contribution in [3.05, 3.63) is 59.6 Å². The normalized spacial score (nSPS) is 15.3. The quantitative estimate of drug-likeness (QED) is 0.330. The number of unbranched alkanes of at least 4 members (excludes halogenated alkanes) is 4. The van der Waals surface area contributed by atoms with E-state index in [-0.39, 0.29) is 25.7 Å². The lowest BCUT2D eigenvalue weighted by molar-refractivity contribution is -0.143. The van der Waals surface area contributed by atoms with Crippen molar-refractivity contribution in [2.75, 3.05) is 37.6 Å². The van der Waals surface area contributed by atoms with Crippen molar-refractivity contribution in [1.82, 2.24) is 14.7 Å². The van der Waals surface area contributed by atoms with Crippen LogP contribution in [0, 0.1) is 0 Å². The van der Waals surface area contributed by atoms with Crippen LogP contribution >= 0.6 is 11.6 Å². The Bertz CT molecular complexity index is 1040. The molecular formula is C29H39ClN4O4. The van der Waals surface area contributed by atoms with Gasteiger partial charge in [0, 0.05) is 31.2 Å². The molecule has 2 aromatic carbocycles. The first-order valence-electron chi connectivity index (χ1n) is 13.5. The Labute approximate surface area is 230 Å². The highest BCUT2D eigenvalue weighted by atomic mass is 35.5. The Morgan fingerprint density at radius 1 is 0.842 bits per heavy atom. The van der Waals surface area contributed by atoms with Crippen LogP contribution in [0.15, 0.2) is 54.6 Å². The average molecular weight is 543 g/mol. The Morgan fingerprint density at radius 2 is 1.42 bits per heavy atom. The van der Waals surface area contributed by atoms with E-state index in [1.165, 1.54) is 9.80 Å². The summed E-state index contributed by atoms with van der Waals surface area (Å²) < 4.78 is 0. The molecule has 1 fully saturated rings. The lowest BCUT2D eigenvalue weighted by atomic mass is 10.1. The molecule has 2 aromatic rings. The Kier molecular flexibility index (Phi) is 11.3. The number of carboxylic acids is 1. The summed E-state index contributed by atoms with van der Waals surface area (Å²) in [7, 11) is 0. The number of benzene rings is 2. The zero-order chi connectivity index (χ0) is 27.5. The van der Waals surface area contributed by atoms with E-state index in [2.05, 4.69) is 13.8 Å². The van der Waals surface area contributed by atoms with E-state index in [0.717, 1.165) is 38.5 Å². The van der Waals surface area contributed by atoms with Gasteiger partial charge in [-0.3, -0.25) is 4.90 Å². The summed E-state index contributed by atoms with van der Waals surface area (Å²) >= 11 is 6.07. The molecule has 206 valence electrons. The minimum atomic E-state index is -1.16. The van der Waals surface area contributed by atoms with Crippen LogP contribution in [0.3, 0.4) is 0 Å². The molecule has 0 spiro atoms. The molecule has 4 amide bonds. The van der Waals surface area contributed by atoms with Crippen LogP contribution in [0.25, 0.3) is 0 Å². The molecule has 1 unspecified atom stereocenters. The SMILES string of the molecule is CCCCCN(CCCCC)C(=O)N1CCN(C(=O)N(c2ccccc2)c2ccc(Cl)cc2)C(C(=O)O)C1. The van der Waals surface area contributed by atoms with Gasteiger partial charge in [-0.1, -0.05) is 69.3 Å². The van der Waals surface area contributed by atoms with E-state index >= 15 is 0 Å². The number of carbonyl (C=O) groups is 3. The van der Waals surface area contributed by atoms with Crippen molar-refractivity contribution in [2.24, 2.45) is 0 Å². The smallest absolute Gasteiger partial charge is 0.329 e. The predicted octanol–water partition coefficient (Wildman–Crippen LogP) is 6.47. The number of piperazine rings is 1. The Morgan fingerprint density at radius 3 is 1.97 bits per heavy atom. The van der Waals surface area contributed by atoms with E-state index in [0.29, 0.717) is 29.5 Å². The van der Waals surface area contributed by atoms with Crippen molar-refractivity contribution >= 4 is 41.0 Å². The summed E-state index contributed by atoms with van der Waals surface area (Å²) in [6, 6.07) is 14.2. The number of carbonyl (C=O) groups excluding carboxylic acids is 2. The molecule has 1 saturated heterocycles. The van der Waals surface area contributed by atoms with E-state index < -0.39 is 18.0 Å². The second-order valence-electron chi connectivity index (χ2n) is 9.61. The number of hydrogen-bond donors (Lipinski definition) is 1. The summed E-state index contributed by atoms with van der Waals surface area (Å²) in [5.41, 5.74) is 1.19. The molecule has 0 bridgehead atoms. The van der Waals surface area contributed by atoms with Crippen molar-refractivity contribution in [3.63, 3.8) is 0 Å². The molecule has 0 aromatic heterocycles. The fraction of sp³-hybridized carbons (Fsp3) is 0.483. The molecule has 9 heteroatoms. The third-order valence-corrected chi connectivity index (χ3v) is 7.06. The molecule has 3 rings (SSSR count). The maximum atomic E-state index is 13.9. The summed E-state index contributed by atoms with van der Waals surface area (Å²) in [6.45, 7) is 5.91. The lowest BCUT2D eigenvalue weighted by Crippen LogP contribution is -2.62. The number of hydrogen-bond acceptors (Lipinski definition) is 3. The van der Waals surface area contributed by atoms with Crippen LogP contribution in [-0.2, 0) is 4.79 Å². The minimum Gasteiger partial charge on any atom is -0.480 e. The van der Waals surface area contributed by atoms with Crippen molar-refractivity contribution in [1.29, 1.82) is 0 Å². The molecule has 1 atom stereocenters. The molecule has 1 N–H and O–H groups in total. The standard InChI is InChI=1S/C29H39ClN4O4/c1-3-5-10-18-31(19-11-6-4-2)28(37)32-20-21-33(26(22-32)27(35)36)29(38)34(24-12-8-7-9-13-24)25-16-14-23(30)15-17-25/h7-9,12-17,26H,3-6,10-11,18-22H2,1-2H3,(H,35,36). The second-order valence-corrected chi connectivity index (χ2v) is 10.0. The molecule has 0 aliphatic carbocycles. The first-order valence-corrected chi connectivity index (χ1v) is 13.9. The van der Waals surface area contributed by atoms with E-state index in [4.69, 9.17) is 11.6 Å². The van der Waals surface area contributed by atoms with Crippen LogP contribution in [0.5, 0.6) is 0 Å². The summed E-state index contributed by atoms with van der Waals surface area (Å²) in [6.07, 6.45) is 6.04. The average Bonchev–Trinajstić information content (AvgIpc) is 2.93. The highest BCUT2D eigenvalue weighted by Gasteiger charge is 2.40. The van der Waals surface area contributed by atoms with Gasteiger partial charge < -0.3 is 19.8 Å². The fourth-order valence-electron chi connectivity index (χ4n) is 4.67. The second kappa shape index (κ2) is 14.6. The fourth-order valence-corrected chi connectivity index (χ4v) is 4.80. The monoisotopic (exact) mass is 542 g/mol. The molecule has 1 aliphatic heterocycles. The summed E-state index contributed by atoms with van der Waals surface area (Å²) in [4.78, 5) is 46.1. The van der Waals surface area contributed by atoms with Crippen molar-refractivity contribution < 1.29 is 19.5 Å². The maximum Gasteiger partial charge on any atom is 0.329 e. The largest absolute Gasteiger partial charge is 0.480 e. The zero-order valence-electron chi connectivity index (χ0n) is 22.4. The van der Waals surface area contributed by atoms with Crippen LogP contribution in [0.1, 0.15) is 52.4 Å². The van der Waals surface area contributed by atoms with Gasteiger partial charge in [-0.05, 0) is 49.2 Å². The van der Waals surface area contributed by atoms with E-state index in [1.54, 1.807) is 41.3 Å². The van der Waals surface area contributed by atoms with Gasteiger partial charge in [0.15, 0.2) is 0 Å². The van der Waals surface area contributed by atoms with Crippen molar-refractivity contribution in [3.8, 4) is 0 Å². The van der Waals surface area contributed by atoms with Crippen molar-refractivity contribution in [2.45, 2.75) is 58.4 Å². The first-order chi connectivity index (χ1) is 18.4. The lowest BCUT2D eigenvalue weighted by Gasteiger charge is -2.42. The van der Waals surface area contributed by atoms with E-state index in [9.17, 15) is 19.5 Å². The molecule has 38 heavy (non-hydrogen) atoms. The number of carboxylic acid groups (broad SMARTS) is 1. The third kappa shape index (κ3) is 7.63. The number of rotatable bonds is 11. The van der Waals surface area contributed by atoms with E-state index in [1.807, 2.05) is 23.1 Å². The highest BCUT2D eigenvalue weighted by Crippen LogP contribution is 2.29. The van der Waals surface area contributed by atoms with Gasteiger partial charge in [0.2, 0.25) is 0 Å². The van der Waals surface area contributed by atoms with Gasteiger partial charge in [0.05, 0.1) is 17.9 Å². The van der Waals surface area contributed by atoms with Gasteiger partial charge in [-0.2, -0.15) is 0 Å². The van der Waals surface area contributed by atoms with Crippen LogP contribution in [0.4, 0.5) is 21.0 Å². The number of anilines is 2. The van der Waals surface area contributed by atoms with Crippen LogP contribution in [0.2, 0.25) is 5.02 Å². The van der Waals surface area contributed by atoms with Gasteiger partial charge in [0.1, 0.15) is 6.04 Å². The number of amides is 4. The maximum absolute atomic E-state index is 13.9. The van der Waals surface area contributed by atoms with Crippen LogP contribution in [-0.4, -0.2) is 76.6 Å². The molecule has 1 aliphatic rings. The Balaban J connectivity index is 1.81. The molecular weight excluding hydrogens is 504 g/mol. The highest BCUT2D eigenvalue weighted by molar-refractivity contribution is 6.30. The number of urea groups is 2. The Hall–Kier alpha value is -3.26. The minimum absolute atomic E-state index is 0.0544. The predicted molar refractivity (Wildman–Crippen MR) is 151 cm³/mol. The number of halogens is 1. The number of nitrogens with zero attached hydrogens (tertiary/aromatic N) is 4. The van der Waals surface area contributed by atoms with Gasteiger partial charge in [0.25, 0.3) is 0 Å². The topological polar surface area (TPSA) is 84.4 Å². The number of aliphatic carboxylic acids is 1. The van der Waals surface area contributed by atoms with Gasteiger partial charge in [-0.15, -0.1) is 0 Å². The molecule has 0 radical (unpaired) electrons. The van der Waals surface area contributed by atoms with Gasteiger partial charge in [-0.25, -0.2) is 14.4 Å². The summed E-state index contributed by atoms with van der Waals surface area (Å²) in [5, 5.41) is 10.7. The summed E-state index contributed by atoms with van der Waals surface area (Å²) in [5.74, 6) is -1.14. The number of para-hydroxylation sites is 1. The molecule has 1 heterocycles. The third-order valence-electron chi connectivity index (χ3n) is 6.81. The molecule has 0 saturated carbocycles. The van der Waals surface area contributed by atoms with Gasteiger partial charge >= 0.3 is 18.0 Å². The molecule has 8 nitrogen and oxygen atoms in total.